The predicted octanol–water partition coefficient (Wildman–Crippen LogP) is 3.94. The zero-order valence-electron chi connectivity index (χ0n) is 16.6. The maximum atomic E-state index is 11.2. The first-order valence-electron chi connectivity index (χ1n) is 9.69. The Bertz CT molecular complexity index is 1220. The number of anilines is 1. The Hall–Kier alpha value is -3.05. The average molecular weight is 458 g/mol. The Balaban J connectivity index is 1.43. The van der Waals surface area contributed by atoms with E-state index in [0.29, 0.717) is 35.4 Å². The van der Waals surface area contributed by atoms with Crippen molar-refractivity contribution in [2.75, 3.05) is 23.8 Å². The van der Waals surface area contributed by atoms with E-state index in [1.807, 2.05) is 35.9 Å². The summed E-state index contributed by atoms with van der Waals surface area (Å²) < 4.78 is 16.0. The number of non-ortho nitro benzene ring substituents is 1. The summed E-state index contributed by atoms with van der Waals surface area (Å²) in [6.45, 7) is 1.47. The fourth-order valence-electron chi connectivity index (χ4n) is 3.71. The van der Waals surface area contributed by atoms with Crippen LogP contribution in [0.3, 0.4) is 0 Å². The molecule has 0 saturated heterocycles. The van der Waals surface area contributed by atoms with Crippen LogP contribution in [-0.2, 0) is 13.7 Å². The molecule has 9 nitrogen and oxygen atoms in total. The van der Waals surface area contributed by atoms with Gasteiger partial charge in [-0.25, -0.2) is 4.68 Å². The quantitative estimate of drug-likeness (QED) is 0.331. The van der Waals surface area contributed by atoms with Gasteiger partial charge in [-0.15, -0.1) is 11.8 Å². The van der Waals surface area contributed by atoms with Crippen LogP contribution in [-0.4, -0.2) is 38.2 Å². The first-order valence-corrected chi connectivity index (χ1v) is 11.1. The van der Waals surface area contributed by atoms with E-state index in [2.05, 4.69) is 4.90 Å². The molecule has 160 valence electrons. The SMILES string of the molecule is Cn1c([C@H]2COc3ccccc3O2)nn(CN2CCSc3ccc([N+](=O)[O-])cc32)c1=S. The minimum absolute atomic E-state index is 0.0722. The van der Waals surface area contributed by atoms with Gasteiger partial charge in [0.05, 0.1) is 10.6 Å². The molecule has 0 unspecified atom stereocenters. The molecule has 0 amide bonds. The van der Waals surface area contributed by atoms with Gasteiger partial charge in [0, 0.05) is 36.4 Å². The number of aromatic nitrogens is 3. The fourth-order valence-corrected chi connectivity index (χ4v) is 4.93. The van der Waals surface area contributed by atoms with Gasteiger partial charge in [0.2, 0.25) is 0 Å². The van der Waals surface area contributed by atoms with Gasteiger partial charge in [-0.3, -0.25) is 10.1 Å². The van der Waals surface area contributed by atoms with Gasteiger partial charge in [-0.05, 0) is 30.4 Å². The highest BCUT2D eigenvalue weighted by atomic mass is 32.2. The van der Waals surface area contributed by atoms with Crippen molar-refractivity contribution in [3.8, 4) is 11.5 Å². The van der Waals surface area contributed by atoms with Crippen LogP contribution in [0.25, 0.3) is 0 Å². The van der Waals surface area contributed by atoms with Crippen LogP contribution in [0.15, 0.2) is 47.4 Å². The Morgan fingerprint density at radius 1 is 1.29 bits per heavy atom. The zero-order valence-corrected chi connectivity index (χ0v) is 18.3. The summed E-state index contributed by atoms with van der Waals surface area (Å²) in [5.41, 5.74) is 0.897. The molecule has 0 bridgehead atoms. The molecule has 31 heavy (non-hydrogen) atoms. The molecule has 5 rings (SSSR count). The summed E-state index contributed by atoms with van der Waals surface area (Å²) in [6, 6.07) is 12.5. The molecule has 0 spiro atoms. The lowest BCUT2D eigenvalue weighted by Gasteiger charge is -2.30. The van der Waals surface area contributed by atoms with Gasteiger partial charge in [0.25, 0.3) is 5.69 Å². The van der Waals surface area contributed by atoms with Crippen LogP contribution in [0, 0.1) is 14.9 Å². The molecule has 0 fully saturated rings. The molecule has 0 N–H and O–H groups in total. The molecular weight excluding hydrogens is 438 g/mol. The number of thioether (sulfide) groups is 1. The molecule has 0 aliphatic carbocycles. The van der Waals surface area contributed by atoms with Crippen LogP contribution in [0.5, 0.6) is 11.5 Å². The van der Waals surface area contributed by atoms with Crippen molar-refractivity contribution in [3.63, 3.8) is 0 Å². The Morgan fingerprint density at radius 3 is 2.90 bits per heavy atom. The number of hydrogen-bond acceptors (Lipinski definition) is 8. The lowest BCUT2D eigenvalue weighted by Crippen LogP contribution is -2.32. The number of para-hydroxylation sites is 2. The van der Waals surface area contributed by atoms with E-state index in [4.69, 9.17) is 26.8 Å². The number of nitro benzene ring substituents is 1. The van der Waals surface area contributed by atoms with Crippen LogP contribution in [0.4, 0.5) is 11.4 Å². The summed E-state index contributed by atoms with van der Waals surface area (Å²) in [5, 5.41) is 16.0. The zero-order chi connectivity index (χ0) is 21.5. The van der Waals surface area contributed by atoms with E-state index >= 15 is 0 Å². The highest BCUT2D eigenvalue weighted by Gasteiger charge is 2.28. The molecule has 1 aromatic heterocycles. The molecular formula is C20H19N5O4S2. The van der Waals surface area contributed by atoms with Crippen molar-refractivity contribution in [2.45, 2.75) is 17.7 Å². The largest absolute Gasteiger partial charge is 0.485 e. The molecule has 2 aromatic carbocycles. The molecule has 3 heterocycles. The van der Waals surface area contributed by atoms with E-state index in [9.17, 15) is 10.1 Å². The van der Waals surface area contributed by atoms with Gasteiger partial charge in [-0.1, -0.05) is 12.1 Å². The van der Waals surface area contributed by atoms with Crippen molar-refractivity contribution < 1.29 is 14.4 Å². The first kappa shape index (κ1) is 19.9. The van der Waals surface area contributed by atoms with Gasteiger partial charge in [0.1, 0.15) is 13.3 Å². The normalized spacial score (nSPS) is 17.3. The molecule has 3 aromatic rings. The minimum atomic E-state index is -0.381. The van der Waals surface area contributed by atoms with E-state index in [1.54, 1.807) is 28.6 Å². The van der Waals surface area contributed by atoms with Gasteiger partial charge in [-0.2, -0.15) is 5.10 Å². The van der Waals surface area contributed by atoms with Gasteiger partial charge >= 0.3 is 0 Å². The number of rotatable bonds is 4. The monoisotopic (exact) mass is 457 g/mol. The highest BCUT2D eigenvalue weighted by molar-refractivity contribution is 7.99. The Kier molecular flexibility index (Phi) is 5.06. The molecule has 2 aliphatic rings. The third-order valence-electron chi connectivity index (χ3n) is 5.29. The van der Waals surface area contributed by atoms with Crippen molar-refractivity contribution in [3.05, 3.63) is 63.2 Å². The molecule has 0 radical (unpaired) electrons. The topological polar surface area (TPSA) is 87.6 Å². The number of ether oxygens (including phenoxy) is 2. The molecule has 11 heteroatoms. The van der Waals surface area contributed by atoms with Crippen molar-refractivity contribution in [2.24, 2.45) is 7.05 Å². The van der Waals surface area contributed by atoms with E-state index in [-0.39, 0.29) is 16.7 Å². The standard InChI is InChI=1S/C20H19N5O4S2/c1-22-19(17-11-28-15-4-2-3-5-16(15)29-17)21-24(20(22)30)12-23-8-9-31-18-7-6-13(25(26)27)10-14(18)23/h2-7,10,17H,8-9,11-12H2,1H3/t17-/m1/s1. The predicted molar refractivity (Wildman–Crippen MR) is 119 cm³/mol. The second kappa shape index (κ2) is 7.89. The number of fused-ring (bicyclic) bond motifs is 2. The maximum absolute atomic E-state index is 11.2. The van der Waals surface area contributed by atoms with Gasteiger partial charge < -0.3 is 18.9 Å². The van der Waals surface area contributed by atoms with Crippen LogP contribution >= 0.6 is 24.0 Å². The van der Waals surface area contributed by atoms with E-state index in [0.717, 1.165) is 22.9 Å². The average Bonchev–Trinajstić information content (AvgIpc) is 3.07. The first-order chi connectivity index (χ1) is 15.0. The molecule has 1 atom stereocenters. The van der Waals surface area contributed by atoms with E-state index in [1.165, 1.54) is 6.07 Å². The third-order valence-corrected chi connectivity index (χ3v) is 6.82. The summed E-state index contributed by atoms with van der Waals surface area (Å²) in [4.78, 5) is 13.9. The molecule has 2 aliphatic heterocycles. The van der Waals surface area contributed by atoms with E-state index < -0.39 is 0 Å². The summed E-state index contributed by atoms with van der Waals surface area (Å²) in [6.07, 6.45) is -0.381. The summed E-state index contributed by atoms with van der Waals surface area (Å²) in [7, 11) is 1.86. The third kappa shape index (κ3) is 3.63. The van der Waals surface area contributed by atoms with Gasteiger partial charge in [0.15, 0.2) is 28.2 Å². The second-order valence-electron chi connectivity index (χ2n) is 7.23. The summed E-state index contributed by atoms with van der Waals surface area (Å²) in [5.74, 6) is 2.94. The number of nitro groups is 1. The summed E-state index contributed by atoms with van der Waals surface area (Å²) >= 11 is 7.31. The number of benzene rings is 2. The number of hydrogen-bond donors (Lipinski definition) is 0. The lowest BCUT2D eigenvalue weighted by atomic mass is 10.2. The second-order valence-corrected chi connectivity index (χ2v) is 8.73. The smallest absolute Gasteiger partial charge is 0.271 e. The van der Waals surface area contributed by atoms with Crippen LogP contribution < -0.4 is 14.4 Å². The highest BCUT2D eigenvalue weighted by Crippen LogP contribution is 2.38. The Labute approximate surface area is 187 Å². The van der Waals surface area contributed by atoms with Crippen molar-refractivity contribution in [1.29, 1.82) is 0 Å². The van der Waals surface area contributed by atoms with Crippen molar-refractivity contribution >= 4 is 35.4 Å². The van der Waals surface area contributed by atoms with Crippen LogP contribution in [0.2, 0.25) is 0 Å². The van der Waals surface area contributed by atoms with Crippen LogP contribution in [0.1, 0.15) is 11.9 Å². The Morgan fingerprint density at radius 2 is 2.10 bits per heavy atom. The fraction of sp³-hybridized carbons (Fsp3) is 0.300. The minimum Gasteiger partial charge on any atom is -0.485 e. The molecule has 0 saturated carbocycles. The maximum Gasteiger partial charge on any atom is 0.271 e. The number of nitrogens with zero attached hydrogens (tertiary/aromatic N) is 5. The lowest BCUT2D eigenvalue weighted by molar-refractivity contribution is -0.384. The van der Waals surface area contributed by atoms with Crippen molar-refractivity contribution in [1.82, 2.24) is 14.3 Å².